The van der Waals surface area contributed by atoms with Crippen LogP contribution in [-0.2, 0) is 9.53 Å². The predicted octanol–water partition coefficient (Wildman–Crippen LogP) is 3.04. The van der Waals surface area contributed by atoms with Gasteiger partial charge in [-0.05, 0) is 48.7 Å². The third kappa shape index (κ3) is 3.70. The summed E-state index contributed by atoms with van der Waals surface area (Å²) >= 11 is 0. The van der Waals surface area contributed by atoms with E-state index in [1.54, 1.807) is 23.2 Å². The molecule has 2 aliphatic rings. The second kappa shape index (κ2) is 7.58. The molecule has 2 aromatic rings. The molecule has 1 amide bonds. The van der Waals surface area contributed by atoms with Crippen molar-refractivity contribution >= 4 is 17.8 Å². The molecular weight excluding hydrogens is 332 g/mol. The van der Waals surface area contributed by atoms with E-state index in [1.165, 1.54) is 0 Å². The van der Waals surface area contributed by atoms with Gasteiger partial charge < -0.3 is 14.2 Å². The van der Waals surface area contributed by atoms with Gasteiger partial charge in [-0.2, -0.15) is 0 Å². The molecule has 4 rings (SSSR count). The molecule has 26 heavy (non-hydrogen) atoms. The van der Waals surface area contributed by atoms with Gasteiger partial charge in [-0.1, -0.05) is 12.1 Å². The first-order valence-electron chi connectivity index (χ1n) is 8.71. The molecule has 0 saturated carbocycles. The molecule has 1 fully saturated rings. The average molecular weight is 352 g/mol. The fraction of sp³-hybridized carbons (Fsp3) is 0.300. The second-order valence-electron chi connectivity index (χ2n) is 6.22. The number of hydrogen-bond acceptors (Lipinski definition) is 5. The first-order chi connectivity index (χ1) is 12.8. The minimum Gasteiger partial charge on any atom is -0.454 e. The Morgan fingerprint density at radius 1 is 1.23 bits per heavy atom. The number of benzene rings is 1. The van der Waals surface area contributed by atoms with E-state index in [4.69, 9.17) is 14.2 Å². The monoisotopic (exact) mass is 352 g/mol. The molecule has 0 aliphatic carbocycles. The van der Waals surface area contributed by atoms with Crippen LogP contribution in [0, 0.1) is 0 Å². The number of carbonyl (C=O) groups is 1. The number of fused-ring (bicyclic) bond motifs is 1. The maximum atomic E-state index is 12.8. The molecule has 1 saturated heterocycles. The molecule has 1 aromatic heterocycles. The van der Waals surface area contributed by atoms with Gasteiger partial charge in [0.05, 0.1) is 12.6 Å². The number of ether oxygens (including phenoxy) is 3. The van der Waals surface area contributed by atoms with Crippen LogP contribution in [0.3, 0.4) is 0 Å². The fourth-order valence-electron chi connectivity index (χ4n) is 3.08. The zero-order valence-electron chi connectivity index (χ0n) is 14.3. The van der Waals surface area contributed by atoms with Crippen molar-refractivity contribution in [3.8, 4) is 11.5 Å². The van der Waals surface area contributed by atoms with Gasteiger partial charge in [0.25, 0.3) is 5.91 Å². The maximum Gasteiger partial charge on any atom is 0.252 e. The third-order valence-electron chi connectivity index (χ3n) is 4.42. The summed E-state index contributed by atoms with van der Waals surface area (Å²) in [5.74, 6) is 1.92. The lowest BCUT2D eigenvalue weighted by Gasteiger charge is -2.23. The van der Waals surface area contributed by atoms with Crippen LogP contribution < -0.4 is 14.4 Å². The SMILES string of the molecule is O=C(C=Cc1ccc2c(c1)OCO2)N(CC1CCCO1)c1ccccn1. The molecule has 3 heterocycles. The van der Waals surface area contributed by atoms with E-state index in [1.807, 2.05) is 36.4 Å². The lowest BCUT2D eigenvalue weighted by atomic mass is 10.2. The number of rotatable bonds is 5. The first-order valence-corrected chi connectivity index (χ1v) is 8.71. The van der Waals surface area contributed by atoms with Crippen LogP contribution in [0.1, 0.15) is 18.4 Å². The normalized spacial score (nSPS) is 18.4. The summed E-state index contributed by atoms with van der Waals surface area (Å²) in [5.41, 5.74) is 0.876. The highest BCUT2D eigenvalue weighted by Gasteiger charge is 2.23. The van der Waals surface area contributed by atoms with Crippen molar-refractivity contribution in [1.29, 1.82) is 0 Å². The Balaban J connectivity index is 1.51. The summed E-state index contributed by atoms with van der Waals surface area (Å²) in [7, 11) is 0. The molecule has 6 nitrogen and oxygen atoms in total. The van der Waals surface area contributed by atoms with Crippen LogP contribution in [0.2, 0.25) is 0 Å². The van der Waals surface area contributed by atoms with Crippen molar-refractivity contribution in [2.75, 3.05) is 24.8 Å². The Labute approximate surface area is 152 Å². The van der Waals surface area contributed by atoms with Gasteiger partial charge in [0.1, 0.15) is 5.82 Å². The topological polar surface area (TPSA) is 60.9 Å². The maximum absolute atomic E-state index is 12.8. The fourth-order valence-corrected chi connectivity index (χ4v) is 3.08. The van der Waals surface area contributed by atoms with E-state index in [-0.39, 0.29) is 18.8 Å². The van der Waals surface area contributed by atoms with Gasteiger partial charge in [-0.15, -0.1) is 0 Å². The highest BCUT2D eigenvalue weighted by Crippen LogP contribution is 2.32. The van der Waals surface area contributed by atoms with Crippen molar-refractivity contribution in [3.05, 3.63) is 54.2 Å². The van der Waals surface area contributed by atoms with Gasteiger partial charge >= 0.3 is 0 Å². The number of pyridine rings is 1. The average Bonchev–Trinajstić information content (AvgIpc) is 3.36. The minimum atomic E-state index is -0.128. The van der Waals surface area contributed by atoms with E-state index in [0.29, 0.717) is 18.1 Å². The number of amides is 1. The Morgan fingerprint density at radius 2 is 2.15 bits per heavy atom. The lowest BCUT2D eigenvalue weighted by Crippen LogP contribution is -2.37. The molecule has 6 heteroatoms. The van der Waals surface area contributed by atoms with E-state index >= 15 is 0 Å². The number of carbonyl (C=O) groups excluding carboxylic acids is 1. The molecule has 0 spiro atoms. The van der Waals surface area contributed by atoms with Gasteiger partial charge in [-0.3, -0.25) is 9.69 Å². The Hall–Kier alpha value is -2.86. The number of nitrogens with zero attached hydrogens (tertiary/aromatic N) is 2. The molecule has 1 aromatic carbocycles. The number of anilines is 1. The van der Waals surface area contributed by atoms with Gasteiger partial charge in [-0.25, -0.2) is 4.98 Å². The Kier molecular flexibility index (Phi) is 4.84. The summed E-state index contributed by atoms with van der Waals surface area (Å²) < 4.78 is 16.4. The molecule has 1 atom stereocenters. The molecular formula is C20H20N2O4. The number of aromatic nitrogens is 1. The van der Waals surface area contributed by atoms with Crippen molar-refractivity contribution in [2.45, 2.75) is 18.9 Å². The van der Waals surface area contributed by atoms with Crippen LogP contribution in [0.4, 0.5) is 5.82 Å². The summed E-state index contributed by atoms with van der Waals surface area (Å²) in [6.07, 6.45) is 7.06. The molecule has 0 N–H and O–H groups in total. The van der Waals surface area contributed by atoms with Crippen LogP contribution in [0.15, 0.2) is 48.7 Å². The molecule has 1 unspecified atom stereocenters. The molecule has 0 bridgehead atoms. The van der Waals surface area contributed by atoms with Crippen LogP contribution >= 0.6 is 0 Å². The first kappa shape index (κ1) is 16.6. The second-order valence-corrected chi connectivity index (χ2v) is 6.22. The molecule has 2 aliphatic heterocycles. The van der Waals surface area contributed by atoms with Crippen molar-refractivity contribution in [1.82, 2.24) is 4.98 Å². The van der Waals surface area contributed by atoms with E-state index in [9.17, 15) is 4.79 Å². The summed E-state index contributed by atoms with van der Waals surface area (Å²) in [6.45, 7) is 1.49. The lowest BCUT2D eigenvalue weighted by molar-refractivity contribution is -0.114. The highest BCUT2D eigenvalue weighted by atomic mass is 16.7. The Morgan fingerprint density at radius 3 is 2.96 bits per heavy atom. The van der Waals surface area contributed by atoms with Gasteiger partial charge in [0.2, 0.25) is 6.79 Å². The van der Waals surface area contributed by atoms with E-state index < -0.39 is 0 Å². The number of hydrogen-bond donors (Lipinski definition) is 0. The van der Waals surface area contributed by atoms with Crippen molar-refractivity contribution < 1.29 is 19.0 Å². The largest absolute Gasteiger partial charge is 0.454 e. The molecule has 0 radical (unpaired) electrons. The minimum absolute atomic E-state index is 0.0555. The van der Waals surface area contributed by atoms with Gasteiger partial charge in [0.15, 0.2) is 11.5 Å². The van der Waals surface area contributed by atoms with Crippen LogP contribution in [-0.4, -0.2) is 36.9 Å². The zero-order chi connectivity index (χ0) is 17.8. The quantitative estimate of drug-likeness (QED) is 0.774. The van der Waals surface area contributed by atoms with E-state index in [0.717, 1.165) is 30.8 Å². The predicted molar refractivity (Wildman–Crippen MR) is 97.2 cm³/mol. The van der Waals surface area contributed by atoms with Crippen LogP contribution in [0.25, 0.3) is 6.08 Å². The highest BCUT2D eigenvalue weighted by molar-refractivity contribution is 6.03. The van der Waals surface area contributed by atoms with Crippen molar-refractivity contribution in [2.24, 2.45) is 0 Å². The van der Waals surface area contributed by atoms with E-state index in [2.05, 4.69) is 4.98 Å². The summed E-state index contributed by atoms with van der Waals surface area (Å²) in [4.78, 5) is 18.8. The van der Waals surface area contributed by atoms with Crippen LogP contribution in [0.5, 0.6) is 11.5 Å². The zero-order valence-corrected chi connectivity index (χ0v) is 14.3. The summed E-state index contributed by atoms with van der Waals surface area (Å²) in [5, 5.41) is 0. The molecule has 134 valence electrons. The summed E-state index contributed by atoms with van der Waals surface area (Å²) in [6, 6.07) is 11.1. The van der Waals surface area contributed by atoms with Crippen molar-refractivity contribution in [3.63, 3.8) is 0 Å². The standard InChI is InChI=1S/C20H20N2O4/c23-20(9-7-15-6-8-17-18(12-15)26-14-25-17)22(13-16-4-3-11-24-16)19-5-1-2-10-21-19/h1-2,5-10,12,16H,3-4,11,13-14H2. The Bertz CT molecular complexity index is 801. The smallest absolute Gasteiger partial charge is 0.252 e. The van der Waals surface area contributed by atoms with Gasteiger partial charge in [0, 0.05) is 18.9 Å². The third-order valence-corrected chi connectivity index (χ3v) is 4.42.